The van der Waals surface area contributed by atoms with Gasteiger partial charge >= 0.3 is 17.1 Å². The smallest absolute Gasteiger partial charge is 0.339 e. The summed E-state index contributed by atoms with van der Waals surface area (Å²) in [6, 6.07) is 0.0735. The maximum atomic E-state index is 11.2. The summed E-state index contributed by atoms with van der Waals surface area (Å²) < 4.78 is 6.42. The quantitative estimate of drug-likeness (QED) is 0.775. The Bertz CT molecular complexity index is 745. The molecule has 0 amide bonds. The monoisotopic (exact) mass is 316 g/mol. The van der Waals surface area contributed by atoms with Crippen LogP contribution in [-0.4, -0.2) is 36.3 Å². The van der Waals surface area contributed by atoms with Crippen LogP contribution in [0.1, 0.15) is 6.92 Å². The van der Waals surface area contributed by atoms with Crippen molar-refractivity contribution in [3.63, 3.8) is 0 Å². The molecule has 2 aromatic rings. The van der Waals surface area contributed by atoms with Gasteiger partial charge in [-0.1, -0.05) is 0 Å². The highest BCUT2D eigenvalue weighted by Gasteiger charge is 2.11. The predicted molar refractivity (Wildman–Crippen MR) is 70.2 cm³/mol. The highest BCUT2D eigenvalue weighted by molar-refractivity contribution is 7.99. The van der Waals surface area contributed by atoms with Crippen LogP contribution < -0.4 is 15.9 Å². The van der Waals surface area contributed by atoms with E-state index in [1.165, 1.54) is 11.7 Å². The molecule has 20 heavy (non-hydrogen) atoms. The number of nitrogens with zero attached hydrogens (tertiary/aromatic N) is 5. The molecule has 0 atom stereocenters. The van der Waals surface area contributed by atoms with Gasteiger partial charge in [-0.15, -0.1) is 0 Å². The van der Waals surface area contributed by atoms with Gasteiger partial charge in [0, 0.05) is 7.05 Å². The molecule has 0 aliphatic rings. The summed E-state index contributed by atoms with van der Waals surface area (Å²) in [5.41, 5.74) is -1.70. The molecule has 0 fully saturated rings. The van der Waals surface area contributed by atoms with E-state index in [2.05, 4.69) is 25.0 Å². The van der Waals surface area contributed by atoms with Crippen molar-refractivity contribution in [2.45, 2.75) is 17.2 Å². The van der Waals surface area contributed by atoms with Crippen molar-refractivity contribution in [2.75, 3.05) is 6.61 Å². The molecule has 2 heterocycles. The van der Waals surface area contributed by atoms with E-state index in [0.717, 1.165) is 11.8 Å². The highest BCUT2D eigenvalue weighted by Crippen LogP contribution is 2.22. The second kappa shape index (κ2) is 6.01. The van der Waals surface area contributed by atoms with E-state index in [-0.39, 0.29) is 21.6 Å². The van der Waals surface area contributed by atoms with Crippen molar-refractivity contribution >= 4 is 23.4 Å². The van der Waals surface area contributed by atoms with Crippen LogP contribution in [0.4, 0.5) is 0 Å². The Labute approximate surface area is 121 Å². The molecule has 0 aromatic carbocycles. The van der Waals surface area contributed by atoms with E-state index in [1.807, 2.05) is 0 Å². The summed E-state index contributed by atoms with van der Waals surface area (Å²) in [6.45, 7) is 2.15. The van der Waals surface area contributed by atoms with E-state index in [0.29, 0.717) is 6.61 Å². The number of rotatable bonds is 4. The zero-order chi connectivity index (χ0) is 14.7. The maximum absolute atomic E-state index is 11.2. The normalized spacial score (nSPS) is 10.6. The van der Waals surface area contributed by atoms with Crippen molar-refractivity contribution in [1.82, 2.24) is 29.7 Å². The largest absolute Gasteiger partial charge is 0.464 e. The lowest BCUT2D eigenvalue weighted by molar-refractivity contribution is 0.307. The summed E-state index contributed by atoms with van der Waals surface area (Å²) in [4.78, 5) is 37.6. The third kappa shape index (κ3) is 3.33. The number of aromatic nitrogens is 6. The topological polar surface area (TPSA) is 116 Å². The van der Waals surface area contributed by atoms with Crippen LogP contribution in [0.2, 0.25) is 5.28 Å². The zero-order valence-corrected chi connectivity index (χ0v) is 12.0. The average molecular weight is 317 g/mol. The van der Waals surface area contributed by atoms with Crippen molar-refractivity contribution < 1.29 is 4.74 Å². The number of ether oxygens (including phenoxy) is 1. The van der Waals surface area contributed by atoms with Crippen LogP contribution in [0.15, 0.2) is 19.9 Å². The van der Waals surface area contributed by atoms with Crippen LogP contribution in [0.5, 0.6) is 6.01 Å². The molecule has 0 aliphatic heterocycles. The molecule has 9 nitrogen and oxygen atoms in total. The summed E-state index contributed by atoms with van der Waals surface area (Å²) in [5.74, 6) is 0. The van der Waals surface area contributed by atoms with Crippen LogP contribution in [-0.2, 0) is 7.05 Å². The van der Waals surface area contributed by atoms with Crippen molar-refractivity contribution in [3.8, 4) is 6.01 Å². The molecule has 0 saturated heterocycles. The van der Waals surface area contributed by atoms with E-state index >= 15 is 0 Å². The molecule has 0 aliphatic carbocycles. The molecule has 0 unspecified atom stereocenters. The maximum Gasteiger partial charge on any atom is 0.339 e. The molecular weight excluding hydrogens is 308 g/mol. The number of aryl methyl sites for hydroxylation is 1. The lowest BCUT2D eigenvalue weighted by atomic mass is 10.8. The number of nitrogens with one attached hydrogen (secondary N) is 1. The average Bonchev–Trinajstić information content (AvgIpc) is 2.35. The van der Waals surface area contributed by atoms with Gasteiger partial charge in [-0.05, 0) is 30.3 Å². The number of aromatic amines is 1. The van der Waals surface area contributed by atoms with Crippen LogP contribution >= 0.6 is 23.4 Å². The first-order valence-electron chi connectivity index (χ1n) is 5.39. The Morgan fingerprint density at radius 1 is 1.30 bits per heavy atom. The molecule has 0 spiro atoms. The third-order valence-corrected chi connectivity index (χ3v) is 3.05. The second-order valence-corrected chi connectivity index (χ2v) is 4.68. The van der Waals surface area contributed by atoms with Gasteiger partial charge in [-0.25, -0.2) is 0 Å². The molecule has 1 N–H and O–H groups in total. The number of halogens is 1. The number of hydrogen-bond acceptors (Lipinski definition) is 8. The van der Waals surface area contributed by atoms with E-state index in [4.69, 9.17) is 16.3 Å². The molecular formula is C9H9ClN6O3S. The Hall–Kier alpha value is -1.94. The van der Waals surface area contributed by atoms with Crippen molar-refractivity contribution in [3.05, 3.63) is 26.0 Å². The van der Waals surface area contributed by atoms with Gasteiger partial charge in [0.05, 0.1) is 6.61 Å². The molecule has 2 rings (SSSR count). The van der Waals surface area contributed by atoms with Gasteiger partial charge in [-0.2, -0.15) is 19.9 Å². The Morgan fingerprint density at radius 2 is 2.05 bits per heavy atom. The summed E-state index contributed by atoms with van der Waals surface area (Å²) in [5, 5.41) is 2.68. The summed E-state index contributed by atoms with van der Waals surface area (Å²) in [7, 11) is 1.53. The first-order chi connectivity index (χ1) is 9.49. The van der Waals surface area contributed by atoms with Crippen LogP contribution in [0.3, 0.4) is 0 Å². The molecule has 11 heteroatoms. The van der Waals surface area contributed by atoms with E-state index in [1.54, 1.807) is 6.92 Å². The fourth-order valence-electron chi connectivity index (χ4n) is 1.19. The van der Waals surface area contributed by atoms with Gasteiger partial charge in [0.2, 0.25) is 10.4 Å². The van der Waals surface area contributed by atoms with Gasteiger partial charge in [0.15, 0.2) is 5.16 Å². The van der Waals surface area contributed by atoms with Gasteiger partial charge in [0.25, 0.3) is 0 Å². The van der Waals surface area contributed by atoms with Crippen LogP contribution in [0, 0.1) is 0 Å². The Balaban J connectivity index is 2.37. The minimum atomic E-state index is -0.893. The summed E-state index contributed by atoms with van der Waals surface area (Å²) >= 11 is 6.69. The first kappa shape index (κ1) is 14.5. The Kier molecular flexibility index (Phi) is 4.35. The molecule has 106 valence electrons. The highest BCUT2D eigenvalue weighted by atomic mass is 35.5. The second-order valence-electron chi connectivity index (χ2n) is 3.40. The van der Waals surface area contributed by atoms with Gasteiger partial charge < -0.3 is 4.74 Å². The van der Waals surface area contributed by atoms with E-state index in [9.17, 15) is 9.59 Å². The molecule has 0 bridgehead atoms. The number of hydrogen-bond donors (Lipinski definition) is 1. The molecule has 0 radical (unpaired) electrons. The van der Waals surface area contributed by atoms with E-state index < -0.39 is 11.1 Å². The minimum Gasteiger partial charge on any atom is -0.464 e. The SMILES string of the molecule is CCOc1nc(Cl)nc(Sc2nc(=O)c(=O)[nH]n2C)n1. The number of H-pyrrole nitrogens is 1. The Morgan fingerprint density at radius 3 is 2.75 bits per heavy atom. The minimum absolute atomic E-state index is 0.0413. The fourth-order valence-corrected chi connectivity index (χ4v) is 2.12. The standard InChI is InChI=1S/C9H9ClN6O3S/c1-3-19-7-12-6(10)13-8(14-7)20-9-11-4(17)5(18)15-16(9)2/h3H2,1-2H3,(H,15,18). The first-order valence-corrected chi connectivity index (χ1v) is 6.58. The molecule has 0 saturated carbocycles. The predicted octanol–water partition coefficient (Wildman–Crippen LogP) is -0.143. The van der Waals surface area contributed by atoms with Gasteiger partial charge in [-0.3, -0.25) is 19.4 Å². The molecule has 2 aromatic heterocycles. The zero-order valence-electron chi connectivity index (χ0n) is 10.5. The van der Waals surface area contributed by atoms with Crippen LogP contribution in [0.25, 0.3) is 0 Å². The fraction of sp³-hybridized carbons (Fsp3) is 0.333. The summed E-state index contributed by atoms with van der Waals surface area (Å²) in [6.07, 6.45) is 0. The third-order valence-electron chi connectivity index (χ3n) is 1.97. The van der Waals surface area contributed by atoms with Gasteiger partial charge in [0.1, 0.15) is 0 Å². The van der Waals surface area contributed by atoms with Crippen molar-refractivity contribution in [2.24, 2.45) is 7.05 Å². The lowest BCUT2D eigenvalue weighted by Crippen LogP contribution is -2.33. The van der Waals surface area contributed by atoms with Crippen molar-refractivity contribution in [1.29, 1.82) is 0 Å². The lowest BCUT2D eigenvalue weighted by Gasteiger charge is -2.06.